The van der Waals surface area contributed by atoms with Gasteiger partial charge in [-0.05, 0) is 0 Å². The zero-order chi connectivity index (χ0) is 9.14. The highest BCUT2D eigenvalue weighted by molar-refractivity contribution is 5.81. The van der Waals surface area contributed by atoms with E-state index in [4.69, 9.17) is 10.9 Å². The van der Waals surface area contributed by atoms with E-state index in [-0.39, 0.29) is 17.8 Å². The molecule has 0 saturated carbocycles. The van der Waals surface area contributed by atoms with Crippen LogP contribution in [0.15, 0.2) is 16.0 Å². The predicted octanol–water partition coefficient (Wildman–Crippen LogP) is -0.998. The zero-order valence-electron chi connectivity index (χ0n) is 6.61. The van der Waals surface area contributed by atoms with Crippen LogP contribution in [-0.4, -0.2) is 20.8 Å². The Morgan fingerprint density at radius 2 is 2.58 bits per heavy atom. The van der Waals surface area contributed by atoms with Crippen molar-refractivity contribution < 1.29 is 5.21 Å². The maximum absolute atomic E-state index is 10.9. The van der Waals surface area contributed by atoms with Crippen molar-refractivity contribution in [2.24, 2.45) is 17.9 Å². The lowest BCUT2D eigenvalue weighted by Gasteiger charge is -1.93. The van der Waals surface area contributed by atoms with E-state index in [1.54, 1.807) is 7.05 Å². The van der Waals surface area contributed by atoms with Crippen LogP contribution < -0.4 is 11.3 Å². The Hall–Kier alpha value is -1.72. The molecule has 0 saturated heterocycles. The van der Waals surface area contributed by atoms with Gasteiger partial charge in [-0.15, -0.1) is 0 Å². The number of hydrogen-bond acceptors (Lipinski definition) is 3. The quantitative estimate of drug-likeness (QED) is 0.230. The number of hydrogen-bond donors (Lipinski definition) is 3. The molecule has 0 atom stereocenters. The van der Waals surface area contributed by atoms with Crippen LogP contribution in [0.3, 0.4) is 0 Å². The maximum Gasteiger partial charge on any atom is 0.266 e. The van der Waals surface area contributed by atoms with Crippen LogP contribution in [0.4, 0.5) is 0 Å². The Balaban J connectivity index is 2.84. The molecular weight excluding hydrogens is 160 g/mol. The Morgan fingerprint density at radius 1 is 1.92 bits per heavy atom. The van der Waals surface area contributed by atoms with E-state index in [1.807, 2.05) is 0 Å². The number of nitrogens with two attached hydrogens (primary N) is 1. The molecule has 1 aromatic rings. The molecule has 0 aliphatic rings. The van der Waals surface area contributed by atoms with Gasteiger partial charge in [0.15, 0.2) is 0 Å². The first kappa shape index (κ1) is 8.38. The highest BCUT2D eigenvalue weighted by Gasteiger charge is 2.01. The van der Waals surface area contributed by atoms with Crippen LogP contribution in [0.5, 0.6) is 0 Å². The fraction of sp³-hybridized carbons (Fsp3) is 0.333. The molecule has 0 fully saturated rings. The molecule has 0 amide bonds. The van der Waals surface area contributed by atoms with Gasteiger partial charge in [0, 0.05) is 18.8 Å². The molecule has 0 radical (unpaired) electrons. The summed E-state index contributed by atoms with van der Waals surface area (Å²) in [6.07, 6.45) is 0.243. The molecule has 1 rings (SSSR count). The topological polar surface area (TPSA) is 96.4 Å². The molecule has 66 valence electrons. The number of rotatable bonds is 2. The lowest BCUT2D eigenvalue weighted by atomic mass is 10.3. The standard InChI is InChI=1S/C6H10N4O2/c1-10-6(11)3-4(8-10)2-5(7)9-12/h3,8,12H,2H2,1H3,(H2,7,9). The predicted molar refractivity (Wildman–Crippen MR) is 43.1 cm³/mol. The Bertz CT molecular complexity index is 349. The molecule has 6 nitrogen and oxygen atoms in total. The number of aryl methyl sites for hydroxylation is 1. The van der Waals surface area contributed by atoms with Gasteiger partial charge >= 0.3 is 0 Å². The molecule has 0 aliphatic carbocycles. The average Bonchev–Trinajstić information content (AvgIpc) is 2.31. The number of amidine groups is 1. The van der Waals surface area contributed by atoms with Gasteiger partial charge in [-0.25, -0.2) is 0 Å². The summed E-state index contributed by atoms with van der Waals surface area (Å²) < 4.78 is 1.32. The number of nitrogens with zero attached hydrogens (tertiary/aromatic N) is 2. The molecule has 4 N–H and O–H groups in total. The van der Waals surface area contributed by atoms with Crippen LogP contribution in [-0.2, 0) is 13.5 Å². The van der Waals surface area contributed by atoms with Crippen LogP contribution >= 0.6 is 0 Å². The third-order valence-corrected chi connectivity index (χ3v) is 1.44. The van der Waals surface area contributed by atoms with Gasteiger partial charge in [0.25, 0.3) is 5.56 Å². The van der Waals surface area contributed by atoms with Gasteiger partial charge < -0.3 is 10.9 Å². The van der Waals surface area contributed by atoms with Crippen molar-refractivity contribution >= 4 is 5.84 Å². The van der Waals surface area contributed by atoms with Crippen molar-refractivity contribution in [1.29, 1.82) is 0 Å². The second kappa shape index (κ2) is 3.12. The fourth-order valence-corrected chi connectivity index (χ4v) is 0.870. The number of aromatic amines is 1. The van der Waals surface area contributed by atoms with Crippen molar-refractivity contribution in [2.75, 3.05) is 0 Å². The summed E-state index contributed by atoms with van der Waals surface area (Å²) >= 11 is 0. The van der Waals surface area contributed by atoms with Crippen molar-refractivity contribution in [2.45, 2.75) is 6.42 Å². The molecule has 1 aromatic heterocycles. The van der Waals surface area contributed by atoms with Gasteiger partial charge in [-0.2, -0.15) is 0 Å². The number of H-pyrrole nitrogens is 1. The molecule has 1 heterocycles. The van der Waals surface area contributed by atoms with Crippen molar-refractivity contribution in [3.63, 3.8) is 0 Å². The van der Waals surface area contributed by atoms with E-state index in [1.165, 1.54) is 10.7 Å². The first-order valence-corrected chi connectivity index (χ1v) is 3.35. The minimum atomic E-state index is -0.143. The highest BCUT2D eigenvalue weighted by Crippen LogP contribution is 1.90. The van der Waals surface area contributed by atoms with Gasteiger partial charge in [0.1, 0.15) is 5.84 Å². The largest absolute Gasteiger partial charge is 0.409 e. The highest BCUT2D eigenvalue weighted by atomic mass is 16.4. The first-order chi connectivity index (χ1) is 5.63. The summed E-state index contributed by atoms with van der Waals surface area (Å²) in [5.41, 5.74) is 5.71. The Kier molecular flexibility index (Phi) is 2.18. The van der Waals surface area contributed by atoms with E-state index < -0.39 is 0 Å². The fourth-order valence-electron chi connectivity index (χ4n) is 0.870. The van der Waals surface area contributed by atoms with Crippen LogP contribution in [0.25, 0.3) is 0 Å². The van der Waals surface area contributed by atoms with Crippen molar-refractivity contribution in [1.82, 2.24) is 9.78 Å². The molecule has 0 aliphatic heterocycles. The number of aromatic nitrogens is 2. The number of nitrogens with one attached hydrogen (secondary N) is 1. The second-order valence-corrected chi connectivity index (χ2v) is 2.45. The summed E-state index contributed by atoms with van der Waals surface area (Å²) in [5, 5.41) is 13.8. The van der Waals surface area contributed by atoms with E-state index >= 15 is 0 Å². The third-order valence-electron chi connectivity index (χ3n) is 1.44. The Labute approximate surface area is 68.3 Å². The third kappa shape index (κ3) is 1.66. The van der Waals surface area contributed by atoms with E-state index in [2.05, 4.69) is 10.3 Å². The molecule has 12 heavy (non-hydrogen) atoms. The van der Waals surface area contributed by atoms with Crippen LogP contribution in [0.2, 0.25) is 0 Å². The van der Waals surface area contributed by atoms with Gasteiger partial charge in [-0.3, -0.25) is 14.6 Å². The second-order valence-electron chi connectivity index (χ2n) is 2.45. The maximum atomic E-state index is 10.9. The smallest absolute Gasteiger partial charge is 0.266 e. The summed E-state index contributed by atoms with van der Waals surface area (Å²) in [4.78, 5) is 10.9. The van der Waals surface area contributed by atoms with Crippen LogP contribution in [0, 0.1) is 0 Å². The number of oxime groups is 1. The molecule has 6 heteroatoms. The lowest BCUT2D eigenvalue weighted by Crippen LogP contribution is -2.15. The van der Waals surface area contributed by atoms with Crippen LogP contribution in [0.1, 0.15) is 5.69 Å². The summed E-state index contributed by atoms with van der Waals surface area (Å²) in [5.74, 6) is 0.0665. The van der Waals surface area contributed by atoms with Crippen molar-refractivity contribution in [3.8, 4) is 0 Å². The van der Waals surface area contributed by atoms with E-state index in [0.29, 0.717) is 5.69 Å². The zero-order valence-corrected chi connectivity index (χ0v) is 6.61. The van der Waals surface area contributed by atoms with E-state index in [0.717, 1.165) is 0 Å². The summed E-state index contributed by atoms with van der Waals surface area (Å²) in [6, 6.07) is 1.40. The SMILES string of the molecule is Cn1[nH]c(C/C(N)=N/O)cc1=O. The van der Waals surface area contributed by atoms with E-state index in [9.17, 15) is 4.79 Å². The molecule has 0 unspecified atom stereocenters. The summed E-state index contributed by atoms with van der Waals surface area (Å²) in [7, 11) is 1.60. The monoisotopic (exact) mass is 170 g/mol. The molecule has 0 aromatic carbocycles. The van der Waals surface area contributed by atoms with Gasteiger partial charge in [-0.1, -0.05) is 5.16 Å². The molecule has 0 spiro atoms. The molecule has 0 bridgehead atoms. The average molecular weight is 170 g/mol. The summed E-state index contributed by atoms with van der Waals surface area (Å²) in [6.45, 7) is 0. The minimum Gasteiger partial charge on any atom is -0.409 e. The Morgan fingerprint density at radius 3 is 3.00 bits per heavy atom. The molecular formula is C6H10N4O2. The normalized spacial score (nSPS) is 11.9. The van der Waals surface area contributed by atoms with Gasteiger partial charge in [0.05, 0.1) is 6.42 Å². The lowest BCUT2D eigenvalue weighted by molar-refractivity contribution is 0.317. The van der Waals surface area contributed by atoms with Crippen molar-refractivity contribution in [3.05, 3.63) is 22.1 Å². The van der Waals surface area contributed by atoms with Gasteiger partial charge in [0.2, 0.25) is 0 Å². The first-order valence-electron chi connectivity index (χ1n) is 3.35. The minimum absolute atomic E-state index is 0.0665.